The van der Waals surface area contributed by atoms with E-state index >= 15 is 0 Å². The Labute approximate surface area is 89.9 Å². The molecule has 1 amide bonds. The van der Waals surface area contributed by atoms with Crippen molar-refractivity contribution in [3.05, 3.63) is 42.0 Å². The third-order valence-corrected chi connectivity index (χ3v) is 1.96. The molecule has 0 saturated carbocycles. The number of phenols is 1. The summed E-state index contributed by atoms with van der Waals surface area (Å²) in [4.78, 5) is 11.6. The van der Waals surface area contributed by atoms with E-state index < -0.39 is 11.7 Å². The lowest BCUT2D eigenvalue weighted by Gasteiger charge is -2.04. The first kappa shape index (κ1) is 10.2. The maximum atomic E-state index is 12.9. The third kappa shape index (κ3) is 2.00. The van der Waals surface area contributed by atoms with E-state index in [1.165, 1.54) is 12.4 Å². The number of aromatic amines is 1. The molecule has 0 aliphatic heterocycles. The Kier molecular flexibility index (Phi) is 2.55. The van der Waals surface area contributed by atoms with Gasteiger partial charge in [0.05, 0.1) is 17.4 Å². The Morgan fingerprint density at radius 3 is 3.00 bits per heavy atom. The van der Waals surface area contributed by atoms with Crippen LogP contribution in [0.4, 0.5) is 10.1 Å². The second-order valence-electron chi connectivity index (χ2n) is 3.10. The van der Waals surface area contributed by atoms with Crippen LogP contribution in [-0.2, 0) is 0 Å². The van der Waals surface area contributed by atoms with E-state index in [-0.39, 0.29) is 11.3 Å². The number of aromatic hydroxyl groups is 1. The van der Waals surface area contributed by atoms with Crippen LogP contribution < -0.4 is 5.32 Å². The fraction of sp³-hybridized carbons (Fsp3) is 0. The highest BCUT2D eigenvalue weighted by atomic mass is 19.1. The lowest BCUT2D eigenvalue weighted by Crippen LogP contribution is -2.11. The van der Waals surface area contributed by atoms with Crippen molar-refractivity contribution < 1.29 is 14.3 Å². The van der Waals surface area contributed by atoms with E-state index in [9.17, 15) is 14.3 Å². The molecule has 0 spiro atoms. The fourth-order valence-corrected chi connectivity index (χ4v) is 1.21. The van der Waals surface area contributed by atoms with Gasteiger partial charge in [0.1, 0.15) is 11.6 Å². The van der Waals surface area contributed by atoms with Gasteiger partial charge in [-0.2, -0.15) is 5.10 Å². The Balaban J connectivity index is 2.24. The highest BCUT2D eigenvalue weighted by molar-refractivity contribution is 6.05. The van der Waals surface area contributed by atoms with Crippen molar-refractivity contribution in [3.63, 3.8) is 0 Å². The molecule has 0 fully saturated rings. The zero-order valence-corrected chi connectivity index (χ0v) is 8.07. The number of halogens is 1. The molecule has 0 bridgehead atoms. The van der Waals surface area contributed by atoms with Gasteiger partial charge >= 0.3 is 0 Å². The minimum atomic E-state index is -0.599. The average Bonchev–Trinajstić information content (AvgIpc) is 2.74. The summed E-state index contributed by atoms with van der Waals surface area (Å²) in [5.74, 6) is -1.46. The van der Waals surface area contributed by atoms with Crippen molar-refractivity contribution in [2.75, 3.05) is 5.32 Å². The SMILES string of the molecule is O=C(Nc1cn[nH]c1)c1cc(F)ccc1O. The third-order valence-electron chi connectivity index (χ3n) is 1.96. The van der Waals surface area contributed by atoms with Crippen LogP contribution in [-0.4, -0.2) is 21.2 Å². The Hall–Kier alpha value is -2.37. The van der Waals surface area contributed by atoms with Crippen LogP contribution in [0.1, 0.15) is 10.4 Å². The quantitative estimate of drug-likeness (QED) is 0.719. The van der Waals surface area contributed by atoms with Gasteiger partial charge < -0.3 is 10.4 Å². The minimum Gasteiger partial charge on any atom is -0.507 e. The zero-order chi connectivity index (χ0) is 11.5. The van der Waals surface area contributed by atoms with Crippen LogP contribution >= 0.6 is 0 Å². The maximum absolute atomic E-state index is 12.9. The molecule has 2 rings (SSSR count). The number of phenolic OH excluding ortho intramolecular Hbond substituents is 1. The monoisotopic (exact) mass is 221 g/mol. The number of carbonyl (C=O) groups excluding carboxylic acids is 1. The van der Waals surface area contributed by atoms with Gasteiger partial charge in [-0.15, -0.1) is 0 Å². The molecule has 0 atom stereocenters. The lowest BCUT2D eigenvalue weighted by molar-refractivity contribution is 0.102. The summed E-state index contributed by atoms with van der Waals surface area (Å²) in [7, 11) is 0. The Morgan fingerprint density at radius 2 is 2.31 bits per heavy atom. The number of carbonyl (C=O) groups is 1. The van der Waals surface area contributed by atoms with Crippen molar-refractivity contribution in [3.8, 4) is 5.75 Å². The molecule has 1 aromatic heterocycles. The maximum Gasteiger partial charge on any atom is 0.259 e. The smallest absolute Gasteiger partial charge is 0.259 e. The summed E-state index contributed by atoms with van der Waals surface area (Å²) in [5.41, 5.74) is 0.315. The number of nitrogens with one attached hydrogen (secondary N) is 2. The van der Waals surface area contributed by atoms with Crippen LogP contribution in [0.5, 0.6) is 5.75 Å². The Morgan fingerprint density at radius 1 is 1.50 bits per heavy atom. The molecule has 1 aromatic carbocycles. The van der Waals surface area contributed by atoms with Gasteiger partial charge in [0.15, 0.2) is 0 Å². The molecule has 82 valence electrons. The van der Waals surface area contributed by atoms with Gasteiger partial charge in [-0.25, -0.2) is 4.39 Å². The summed E-state index contributed by atoms with van der Waals surface area (Å²) in [6.45, 7) is 0. The number of rotatable bonds is 2. The summed E-state index contributed by atoms with van der Waals surface area (Å²) in [6, 6.07) is 3.16. The molecule has 16 heavy (non-hydrogen) atoms. The van der Waals surface area contributed by atoms with Crippen molar-refractivity contribution >= 4 is 11.6 Å². The first-order valence-electron chi connectivity index (χ1n) is 4.45. The van der Waals surface area contributed by atoms with E-state index in [0.29, 0.717) is 5.69 Å². The topological polar surface area (TPSA) is 78.0 Å². The average molecular weight is 221 g/mol. The summed E-state index contributed by atoms with van der Waals surface area (Å²) in [6.07, 6.45) is 2.86. The second kappa shape index (κ2) is 4.01. The van der Waals surface area contributed by atoms with Crippen molar-refractivity contribution in [1.29, 1.82) is 0 Å². The number of H-pyrrole nitrogens is 1. The fourth-order valence-electron chi connectivity index (χ4n) is 1.21. The van der Waals surface area contributed by atoms with Crippen molar-refractivity contribution in [2.24, 2.45) is 0 Å². The van der Waals surface area contributed by atoms with Gasteiger partial charge in [0, 0.05) is 6.20 Å². The highest BCUT2D eigenvalue weighted by Gasteiger charge is 2.12. The van der Waals surface area contributed by atoms with Gasteiger partial charge in [0.2, 0.25) is 0 Å². The number of benzene rings is 1. The Bertz CT molecular complexity index is 511. The normalized spacial score (nSPS) is 10.1. The number of aromatic nitrogens is 2. The molecule has 0 aliphatic rings. The molecule has 6 heteroatoms. The number of hydrogen-bond acceptors (Lipinski definition) is 3. The lowest BCUT2D eigenvalue weighted by atomic mass is 10.2. The van der Waals surface area contributed by atoms with Gasteiger partial charge in [-0.1, -0.05) is 0 Å². The number of anilines is 1. The number of nitrogens with zero attached hydrogens (tertiary/aromatic N) is 1. The van der Waals surface area contributed by atoms with Crippen LogP contribution in [0.15, 0.2) is 30.6 Å². The van der Waals surface area contributed by atoms with Crippen molar-refractivity contribution in [1.82, 2.24) is 10.2 Å². The molecule has 5 nitrogen and oxygen atoms in total. The molecule has 0 aliphatic carbocycles. The first-order valence-corrected chi connectivity index (χ1v) is 4.45. The van der Waals surface area contributed by atoms with Crippen LogP contribution in [0.3, 0.4) is 0 Å². The zero-order valence-electron chi connectivity index (χ0n) is 8.07. The second-order valence-corrected chi connectivity index (χ2v) is 3.10. The summed E-state index contributed by atoms with van der Waals surface area (Å²) < 4.78 is 12.9. The van der Waals surface area contributed by atoms with Gasteiger partial charge in [-0.3, -0.25) is 9.89 Å². The van der Waals surface area contributed by atoms with Crippen molar-refractivity contribution in [2.45, 2.75) is 0 Å². The highest BCUT2D eigenvalue weighted by Crippen LogP contribution is 2.19. The van der Waals surface area contributed by atoms with Gasteiger partial charge in [-0.05, 0) is 18.2 Å². The molecule has 3 N–H and O–H groups in total. The van der Waals surface area contributed by atoms with E-state index in [0.717, 1.165) is 18.2 Å². The van der Waals surface area contributed by atoms with Crippen LogP contribution in [0.25, 0.3) is 0 Å². The molecule has 0 radical (unpaired) electrons. The first-order chi connectivity index (χ1) is 7.66. The van der Waals surface area contributed by atoms with E-state index in [1.54, 1.807) is 0 Å². The summed E-state index contributed by atoms with van der Waals surface area (Å²) >= 11 is 0. The van der Waals surface area contributed by atoms with Crippen LogP contribution in [0, 0.1) is 5.82 Å². The standard InChI is InChI=1S/C10H8FN3O2/c11-6-1-2-9(15)8(3-6)10(16)14-7-4-12-13-5-7/h1-5,15H,(H,12,13)(H,14,16). The number of hydrogen-bond donors (Lipinski definition) is 3. The van der Waals surface area contributed by atoms with E-state index in [4.69, 9.17) is 0 Å². The molecule has 0 saturated heterocycles. The molecule has 1 heterocycles. The van der Waals surface area contributed by atoms with Crippen LogP contribution in [0.2, 0.25) is 0 Å². The van der Waals surface area contributed by atoms with E-state index in [1.807, 2.05) is 0 Å². The molecular formula is C10H8FN3O2. The predicted molar refractivity (Wildman–Crippen MR) is 54.6 cm³/mol. The molecule has 0 unspecified atom stereocenters. The number of amides is 1. The van der Waals surface area contributed by atoms with Gasteiger partial charge in [0.25, 0.3) is 5.91 Å². The molecular weight excluding hydrogens is 213 g/mol. The van der Waals surface area contributed by atoms with E-state index in [2.05, 4.69) is 15.5 Å². The largest absolute Gasteiger partial charge is 0.507 e. The molecule has 2 aromatic rings. The summed E-state index contributed by atoms with van der Waals surface area (Å²) in [5, 5.41) is 18.0. The minimum absolute atomic E-state index is 0.124. The predicted octanol–water partition coefficient (Wildman–Crippen LogP) is 1.51.